The number of aromatic nitrogens is 2. The summed E-state index contributed by atoms with van der Waals surface area (Å²) in [5.41, 5.74) is 1.63. The molecule has 32 heavy (non-hydrogen) atoms. The largest absolute Gasteiger partial charge is 0.421 e. The molecule has 0 saturated carbocycles. The van der Waals surface area contributed by atoms with Crippen LogP contribution in [0.25, 0.3) is 11.5 Å². The molecule has 0 atom stereocenters. The highest BCUT2D eigenvalue weighted by Gasteiger charge is 2.36. The molecule has 1 aromatic heterocycles. The number of hydrogen-bond donors (Lipinski definition) is 1. The van der Waals surface area contributed by atoms with Gasteiger partial charge < -0.3 is 14.5 Å². The molecule has 2 heterocycles. The quantitative estimate of drug-likeness (QED) is 0.484. The van der Waals surface area contributed by atoms with Crippen LogP contribution in [-0.2, 0) is 21.4 Å². The number of aryl methyl sites for hydroxylation is 1. The molecule has 4 rings (SSSR count). The number of benzene rings is 2. The highest BCUT2D eigenvalue weighted by Crippen LogP contribution is 2.39. The van der Waals surface area contributed by atoms with Crippen LogP contribution in [0.2, 0.25) is 10.0 Å². The van der Waals surface area contributed by atoms with Gasteiger partial charge in [-0.05, 0) is 49.1 Å². The van der Waals surface area contributed by atoms with Gasteiger partial charge in [-0.1, -0.05) is 47.5 Å². The van der Waals surface area contributed by atoms with E-state index in [0.717, 1.165) is 24.0 Å². The Morgan fingerprint density at radius 2 is 1.84 bits per heavy atom. The van der Waals surface area contributed by atoms with Gasteiger partial charge in [0.1, 0.15) is 0 Å². The second kappa shape index (κ2) is 10.5. The molecule has 3 aromatic rings. The summed E-state index contributed by atoms with van der Waals surface area (Å²) < 4.78 is 11.3. The molecule has 0 bridgehead atoms. The number of rotatable bonds is 8. The first-order valence-electron chi connectivity index (χ1n) is 10.7. The summed E-state index contributed by atoms with van der Waals surface area (Å²) in [4.78, 5) is 12.6. The zero-order valence-electron chi connectivity index (χ0n) is 17.7. The SMILES string of the molecule is O=C(CCCc1nnc(-c2ccccc2)o1)NCC1(c2ccc(Cl)cc2Cl)CCOCC1. The highest BCUT2D eigenvalue weighted by atomic mass is 35.5. The van der Waals surface area contributed by atoms with Gasteiger partial charge in [-0.2, -0.15) is 0 Å². The first-order chi connectivity index (χ1) is 15.6. The first-order valence-corrected chi connectivity index (χ1v) is 11.5. The van der Waals surface area contributed by atoms with Crippen LogP contribution in [0.5, 0.6) is 0 Å². The molecule has 8 heteroatoms. The van der Waals surface area contributed by atoms with Crippen LogP contribution < -0.4 is 5.32 Å². The maximum absolute atomic E-state index is 12.6. The topological polar surface area (TPSA) is 77.2 Å². The Hall–Kier alpha value is -2.41. The van der Waals surface area contributed by atoms with Crippen molar-refractivity contribution >= 4 is 29.1 Å². The predicted octanol–water partition coefficient (Wildman–Crippen LogP) is 5.23. The van der Waals surface area contributed by atoms with Crippen molar-refractivity contribution < 1.29 is 13.9 Å². The molecular formula is C24H25Cl2N3O3. The average molecular weight is 474 g/mol. The summed E-state index contributed by atoms with van der Waals surface area (Å²) in [5, 5.41) is 12.5. The molecule has 0 radical (unpaired) electrons. The van der Waals surface area contributed by atoms with Crippen LogP contribution in [0.3, 0.4) is 0 Å². The molecule has 1 aliphatic rings. The third-order valence-corrected chi connectivity index (χ3v) is 6.41. The Kier molecular flexibility index (Phi) is 7.45. The normalized spacial score (nSPS) is 15.4. The first kappa shape index (κ1) is 22.8. The lowest BCUT2D eigenvalue weighted by atomic mass is 9.74. The van der Waals surface area contributed by atoms with Crippen LogP contribution in [0.15, 0.2) is 52.9 Å². The molecule has 0 aliphatic carbocycles. The maximum Gasteiger partial charge on any atom is 0.247 e. The number of nitrogens with zero attached hydrogens (tertiary/aromatic N) is 2. The van der Waals surface area contributed by atoms with Crippen LogP contribution in [0.1, 0.15) is 37.1 Å². The second-order valence-electron chi connectivity index (χ2n) is 8.01. The standard InChI is InChI=1S/C24H25Cl2N3O3/c25-18-9-10-19(20(26)15-18)24(11-13-31-14-12-24)16-27-21(30)7-4-8-22-28-29-23(32-22)17-5-2-1-3-6-17/h1-3,5-6,9-10,15H,4,7-8,11-14,16H2,(H,27,30). The average Bonchev–Trinajstić information content (AvgIpc) is 3.28. The van der Waals surface area contributed by atoms with Gasteiger partial charge in [0.15, 0.2) is 0 Å². The molecule has 1 amide bonds. The van der Waals surface area contributed by atoms with Crippen LogP contribution in [0.4, 0.5) is 0 Å². The van der Waals surface area contributed by atoms with Crippen molar-refractivity contribution in [1.29, 1.82) is 0 Å². The van der Waals surface area contributed by atoms with Gasteiger partial charge in [-0.15, -0.1) is 10.2 Å². The summed E-state index contributed by atoms with van der Waals surface area (Å²) in [6.45, 7) is 1.78. The van der Waals surface area contributed by atoms with Crippen molar-refractivity contribution in [2.45, 2.75) is 37.5 Å². The Morgan fingerprint density at radius 3 is 2.59 bits per heavy atom. The van der Waals surface area contributed by atoms with Crippen molar-refractivity contribution in [3.05, 3.63) is 70.0 Å². The Labute approximate surface area is 197 Å². The fourth-order valence-corrected chi connectivity index (χ4v) is 4.64. The number of amides is 1. The highest BCUT2D eigenvalue weighted by molar-refractivity contribution is 6.35. The number of carbonyl (C=O) groups is 1. The fraction of sp³-hybridized carbons (Fsp3) is 0.375. The fourth-order valence-electron chi connectivity index (χ4n) is 4.03. The lowest BCUT2D eigenvalue weighted by Gasteiger charge is -2.38. The van der Waals surface area contributed by atoms with Gasteiger partial charge in [0, 0.05) is 53.6 Å². The van der Waals surface area contributed by atoms with Gasteiger partial charge in [0.05, 0.1) is 0 Å². The molecule has 1 aliphatic heterocycles. The van der Waals surface area contributed by atoms with Crippen molar-refractivity contribution in [1.82, 2.24) is 15.5 Å². The summed E-state index contributed by atoms with van der Waals surface area (Å²) in [7, 11) is 0. The van der Waals surface area contributed by atoms with Gasteiger partial charge in [0.2, 0.25) is 17.7 Å². The Balaban J connectivity index is 1.31. The molecule has 6 nitrogen and oxygen atoms in total. The van der Waals surface area contributed by atoms with E-state index in [-0.39, 0.29) is 11.3 Å². The van der Waals surface area contributed by atoms with Crippen molar-refractivity contribution in [2.24, 2.45) is 0 Å². The lowest BCUT2D eigenvalue weighted by molar-refractivity contribution is -0.121. The minimum atomic E-state index is -0.257. The van der Waals surface area contributed by atoms with E-state index in [1.54, 1.807) is 6.07 Å². The number of nitrogens with one attached hydrogen (secondary N) is 1. The Bertz CT molecular complexity index is 1050. The van der Waals surface area contributed by atoms with Crippen molar-refractivity contribution in [3.8, 4) is 11.5 Å². The minimum absolute atomic E-state index is 0.0104. The molecule has 2 aromatic carbocycles. The zero-order chi connectivity index (χ0) is 22.4. The van der Waals surface area contributed by atoms with Crippen LogP contribution >= 0.6 is 23.2 Å². The van der Waals surface area contributed by atoms with Crippen molar-refractivity contribution in [2.75, 3.05) is 19.8 Å². The summed E-state index contributed by atoms with van der Waals surface area (Å²) in [5.74, 6) is 1.01. The van der Waals surface area contributed by atoms with E-state index in [2.05, 4.69) is 15.5 Å². The van der Waals surface area contributed by atoms with Gasteiger partial charge >= 0.3 is 0 Å². The smallest absolute Gasteiger partial charge is 0.247 e. The van der Waals surface area contributed by atoms with E-state index in [1.807, 2.05) is 42.5 Å². The monoisotopic (exact) mass is 473 g/mol. The summed E-state index contributed by atoms with van der Waals surface area (Å²) in [6.07, 6.45) is 3.14. The summed E-state index contributed by atoms with van der Waals surface area (Å²) >= 11 is 12.6. The number of carbonyl (C=O) groups excluding carboxylic acids is 1. The molecule has 1 N–H and O–H groups in total. The third kappa shape index (κ3) is 5.49. The van der Waals surface area contributed by atoms with Gasteiger partial charge in [0.25, 0.3) is 0 Å². The second-order valence-corrected chi connectivity index (χ2v) is 8.86. The number of halogens is 2. The van der Waals surface area contributed by atoms with E-state index in [4.69, 9.17) is 32.4 Å². The Morgan fingerprint density at radius 1 is 1.06 bits per heavy atom. The van der Waals surface area contributed by atoms with E-state index in [1.165, 1.54) is 0 Å². The minimum Gasteiger partial charge on any atom is -0.421 e. The molecule has 0 spiro atoms. The summed E-state index contributed by atoms with van der Waals surface area (Å²) in [6, 6.07) is 15.2. The molecule has 1 fully saturated rings. The van der Waals surface area contributed by atoms with E-state index < -0.39 is 0 Å². The molecule has 168 valence electrons. The van der Waals surface area contributed by atoms with E-state index >= 15 is 0 Å². The van der Waals surface area contributed by atoms with E-state index in [9.17, 15) is 4.79 Å². The molecule has 0 unspecified atom stereocenters. The van der Waals surface area contributed by atoms with Crippen LogP contribution in [0, 0.1) is 0 Å². The lowest BCUT2D eigenvalue weighted by Crippen LogP contribution is -2.44. The van der Waals surface area contributed by atoms with Crippen molar-refractivity contribution in [3.63, 3.8) is 0 Å². The molecular weight excluding hydrogens is 449 g/mol. The predicted molar refractivity (Wildman–Crippen MR) is 124 cm³/mol. The van der Waals surface area contributed by atoms with Gasteiger partial charge in [-0.25, -0.2) is 0 Å². The number of ether oxygens (including phenoxy) is 1. The molecule has 1 saturated heterocycles. The van der Waals surface area contributed by atoms with E-state index in [0.29, 0.717) is 60.8 Å². The third-order valence-electron chi connectivity index (χ3n) is 5.86. The maximum atomic E-state index is 12.6. The van der Waals surface area contributed by atoms with Gasteiger partial charge in [-0.3, -0.25) is 4.79 Å². The van der Waals surface area contributed by atoms with Crippen LogP contribution in [-0.4, -0.2) is 35.9 Å². The zero-order valence-corrected chi connectivity index (χ0v) is 19.2. The number of hydrogen-bond acceptors (Lipinski definition) is 5.